The number of nitrogens with one attached hydrogen (secondary N) is 1. The fourth-order valence-electron chi connectivity index (χ4n) is 2.63. The maximum Gasteiger partial charge on any atom is 0.417 e. The number of fused-ring (bicyclic) bond motifs is 1. The third-order valence-corrected chi connectivity index (χ3v) is 4.05. The van der Waals surface area contributed by atoms with E-state index < -0.39 is 6.09 Å². The molecule has 0 aromatic heterocycles. The summed E-state index contributed by atoms with van der Waals surface area (Å²) in [6.07, 6.45) is 1.57. The summed E-state index contributed by atoms with van der Waals surface area (Å²) in [4.78, 5) is 14.2. The lowest BCUT2D eigenvalue weighted by atomic mass is 10.0. The van der Waals surface area contributed by atoms with E-state index in [0.717, 1.165) is 19.4 Å². The lowest BCUT2D eigenvalue weighted by molar-refractivity contribution is 0.215. The molecular weight excluding hydrogens is 300 g/mol. The van der Waals surface area contributed by atoms with Crippen molar-refractivity contribution in [1.29, 1.82) is 0 Å². The minimum absolute atomic E-state index is 0.478. The van der Waals surface area contributed by atoms with Crippen LogP contribution in [0.4, 0.5) is 16.2 Å². The number of hydrogen-bond donors (Lipinski definition) is 1. The Labute approximate surface area is 134 Å². The summed E-state index contributed by atoms with van der Waals surface area (Å²) in [6.45, 7) is 1.06. The molecule has 2 aromatic rings. The maximum absolute atomic E-state index is 12.0. The fraction of sp³-hybridized carbons (Fsp3) is 0.235. The molecule has 3 rings (SSSR count). The molecule has 2 aromatic carbocycles. The topological polar surface area (TPSA) is 41.6 Å². The fourth-order valence-corrected chi connectivity index (χ4v) is 2.81. The highest BCUT2D eigenvalue weighted by Gasteiger charge is 2.15. The van der Waals surface area contributed by atoms with Gasteiger partial charge in [-0.2, -0.15) is 0 Å². The van der Waals surface area contributed by atoms with Gasteiger partial charge < -0.3 is 9.64 Å². The van der Waals surface area contributed by atoms with E-state index in [4.69, 9.17) is 16.3 Å². The Bertz CT molecular complexity index is 703. The molecule has 1 aliphatic rings. The summed E-state index contributed by atoms with van der Waals surface area (Å²) in [5, 5.41) is 3.12. The summed E-state index contributed by atoms with van der Waals surface area (Å²) >= 11 is 6.01. The number of halogens is 1. The maximum atomic E-state index is 12.0. The van der Waals surface area contributed by atoms with Crippen LogP contribution in [0.2, 0.25) is 5.02 Å². The van der Waals surface area contributed by atoms with E-state index in [1.807, 2.05) is 18.2 Å². The van der Waals surface area contributed by atoms with E-state index in [-0.39, 0.29) is 0 Å². The molecule has 0 spiro atoms. The third-order valence-electron chi connectivity index (χ3n) is 3.72. The standard InChI is InChI=1S/C17H17ClN2O2/c1-20-10-4-5-12-11-13(8-9-16(12)20)22-17(21)19-15-7-3-2-6-14(15)18/h2-3,6-9,11H,4-5,10H2,1H3,(H,19,21). The van der Waals surface area contributed by atoms with Gasteiger partial charge in [-0.25, -0.2) is 4.79 Å². The molecule has 1 N–H and O–H groups in total. The van der Waals surface area contributed by atoms with E-state index in [1.165, 1.54) is 11.3 Å². The third kappa shape index (κ3) is 3.17. The van der Waals surface area contributed by atoms with Crippen LogP contribution in [-0.2, 0) is 6.42 Å². The molecule has 1 heterocycles. The number of carbonyl (C=O) groups excluding carboxylic acids is 1. The molecule has 22 heavy (non-hydrogen) atoms. The van der Waals surface area contributed by atoms with Gasteiger partial charge in [0.1, 0.15) is 5.75 Å². The molecule has 0 fully saturated rings. The molecule has 0 aliphatic carbocycles. The predicted molar refractivity (Wildman–Crippen MR) is 89.1 cm³/mol. The van der Waals surface area contributed by atoms with Gasteiger partial charge in [0.15, 0.2) is 0 Å². The van der Waals surface area contributed by atoms with Crippen LogP contribution in [0.25, 0.3) is 0 Å². The Morgan fingerprint density at radius 1 is 1.27 bits per heavy atom. The molecule has 0 atom stereocenters. The van der Waals surface area contributed by atoms with Crippen LogP contribution in [-0.4, -0.2) is 19.7 Å². The van der Waals surface area contributed by atoms with Crippen molar-refractivity contribution in [3.05, 3.63) is 53.1 Å². The molecule has 4 nitrogen and oxygen atoms in total. The molecule has 1 aliphatic heterocycles. The van der Waals surface area contributed by atoms with Gasteiger partial charge in [-0.1, -0.05) is 23.7 Å². The summed E-state index contributed by atoms with van der Waals surface area (Å²) < 4.78 is 5.35. The minimum Gasteiger partial charge on any atom is -0.410 e. The minimum atomic E-state index is -0.544. The number of benzene rings is 2. The van der Waals surface area contributed by atoms with Gasteiger partial charge in [-0.3, -0.25) is 5.32 Å². The molecule has 0 radical (unpaired) electrons. The van der Waals surface area contributed by atoms with Gasteiger partial charge in [0, 0.05) is 19.3 Å². The van der Waals surface area contributed by atoms with Crippen LogP contribution in [0.15, 0.2) is 42.5 Å². The molecule has 5 heteroatoms. The average Bonchev–Trinajstić information content (AvgIpc) is 2.50. The van der Waals surface area contributed by atoms with Gasteiger partial charge in [0.05, 0.1) is 10.7 Å². The lowest BCUT2D eigenvalue weighted by Crippen LogP contribution is -2.24. The quantitative estimate of drug-likeness (QED) is 0.896. The number of nitrogens with zero attached hydrogens (tertiary/aromatic N) is 1. The molecule has 0 unspecified atom stereocenters. The Morgan fingerprint density at radius 2 is 2.09 bits per heavy atom. The first-order valence-electron chi connectivity index (χ1n) is 7.21. The first-order chi connectivity index (χ1) is 10.6. The Morgan fingerprint density at radius 3 is 2.91 bits per heavy atom. The number of hydrogen-bond acceptors (Lipinski definition) is 3. The van der Waals surface area contributed by atoms with Crippen LogP contribution in [0.1, 0.15) is 12.0 Å². The van der Waals surface area contributed by atoms with Gasteiger partial charge in [0.2, 0.25) is 0 Å². The van der Waals surface area contributed by atoms with Crippen LogP contribution >= 0.6 is 11.6 Å². The number of carbonyl (C=O) groups is 1. The summed E-state index contributed by atoms with van der Waals surface area (Å²) in [5.41, 5.74) is 2.94. The molecular formula is C17H17ClN2O2. The molecule has 1 amide bonds. The van der Waals surface area contributed by atoms with Crippen LogP contribution in [0.3, 0.4) is 0 Å². The van der Waals surface area contributed by atoms with Crippen molar-refractivity contribution >= 4 is 29.1 Å². The second-order valence-corrected chi connectivity index (χ2v) is 5.72. The van der Waals surface area contributed by atoms with E-state index >= 15 is 0 Å². The van der Waals surface area contributed by atoms with E-state index in [2.05, 4.69) is 17.3 Å². The number of amides is 1. The van der Waals surface area contributed by atoms with Crippen molar-refractivity contribution < 1.29 is 9.53 Å². The average molecular weight is 317 g/mol. The number of para-hydroxylation sites is 1. The second kappa shape index (κ2) is 6.28. The largest absolute Gasteiger partial charge is 0.417 e. The number of anilines is 2. The lowest BCUT2D eigenvalue weighted by Gasteiger charge is -2.27. The predicted octanol–water partition coefficient (Wildman–Crippen LogP) is 4.33. The van der Waals surface area contributed by atoms with Crippen molar-refractivity contribution in [3.63, 3.8) is 0 Å². The molecule has 0 saturated heterocycles. The number of rotatable bonds is 2. The molecule has 114 valence electrons. The van der Waals surface area contributed by atoms with Gasteiger partial charge in [-0.15, -0.1) is 0 Å². The smallest absolute Gasteiger partial charge is 0.410 e. The first-order valence-corrected chi connectivity index (χ1v) is 7.59. The summed E-state index contributed by atoms with van der Waals surface area (Å²) in [7, 11) is 2.07. The van der Waals surface area contributed by atoms with Crippen LogP contribution in [0, 0.1) is 0 Å². The van der Waals surface area contributed by atoms with Crippen LogP contribution < -0.4 is 15.0 Å². The zero-order valence-electron chi connectivity index (χ0n) is 12.3. The van der Waals surface area contributed by atoms with E-state index in [1.54, 1.807) is 24.3 Å². The Kier molecular flexibility index (Phi) is 4.20. The first kappa shape index (κ1) is 14.7. The van der Waals surface area contributed by atoms with Crippen molar-refractivity contribution in [1.82, 2.24) is 0 Å². The Hall–Kier alpha value is -2.20. The van der Waals surface area contributed by atoms with Crippen LogP contribution in [0.5, 0.6) is 5.75 Å². The van der Waals surface area contributed by atoms with Gasteiger partial charge in [-0.05, 0) is 48.7 Å². The molecule has 0 bridgehead atoms. The van der Waals surface area contributed by atoms with Crippen molar-refractivity contribution in [2.24, 2.45) is 0 Å². The number of aryl methyl sites for hydroxylation is 1. The summed E-state index contributed by atoms with van der Waals surface area (Å²) in [5.74, 6) is 0.540. The van der Waals surface area contributed by atoms with Gasteiger partial charge >= 0.3 is 6.09 Å². The SMILES string of the molecule is CN1CCCc2cc(OC(=O)Nc3ccccc3Cl)ccc21. The summed E-state index contributed by atoms with van der Waals surface area (Å²) in [6, 6.07) is 12.8. The highest BCUT2D eigenvalue weighted by molar-refractivity contribution is 6.33. The normalized spacial score (nSPS) is 13.5. The molecule has 0 saturated carbocycles. The van der Waals surface area contributed by atoms with Crippen molar-refractivity contribution in [2.75, 3.05) is 23.8 Å². The van der Waals surface area contributed by atoms with Crippen molar-refractivity contribution in [3.8, 4) is 5.75 Å². The Balaban J connectivity index is 1.71. The second-order valence-electron chi connectivity index (χ2n) is 5.31. The highest BCUT2D eigenvalue weighted by Crippen LogP contribution is 2.29. The zero-order chi connectivity index (χ0) is 15.5. The monoisotopic (exact) mass is 316 g/mol. The van der Waals surface area contributed by atoms with Crippen molar-refractivity contribution in [2.45, 2.75) is 12.8 Å². The van der Waals surface area contributed by atoms with Gasteiger partial charge in [0.25, 0.3) is 0 Å². The zero-order valence-corrected chi connectivity index (χ0v) is 13.1. The van der Waals surface area contributed by atoms with E-state index in [9.17, 15) is 4.79 Å². The highest BCUT2D eigenvalue weighted by atomic mass is 35.5. The number of ether oxygens (including phenoxy) is 1. The van der Waals surface area contributed by atoms with E-state index in [0.29, 0.717) is 16.5 Å².